The van der Waals surface area contributed by atoms with Crippen molar-refractivity contribution in [1.82, 2.24) is 19.8 Å². The Morgan fingerprint density at radius 3 is 2.64 bits per heavy atom. The van der Waals surface area contributed by atoms with E-state index in [-0.39, 0.29) is 23.9 Å². The summed E-state index contributed by atoms with van der Waals surface area (Å²) in [7, 11) is 0. The average Bonchev–Trinajstić information content (AvgIpc) is 3.32. The third-order valence-electron chi connectivity index (χ3n) is 7.15. The summed E-state index contributed by atoms with van der Waals surface area (Å²) in [6.07, 6.45) is 2.56. The number of hydrogen-bond acceptors (Lipinski definition) is 5. The van der Waals surface area contributed by atoms with Crippen LogP contribution in [-0.4, -0.2) is 58.5 Å². The first-order chi connectivity index (χ1) is 17.6. The van der Waals surface area contributed by atoms with Gasteiger partial charge in [0.2, 0.25) is 0 Å². The van der Waals surface area contributed by atoms with Crippen LogP contribution in [-0.2, 0) is 17.9 Å². The first-order valence-corrected chi connectivity index (χ1v) is 12.7. The number of aromatic nitrogens is 2. The van der Waals surface area contributed by atoms with E-state index in [0.717, 1.165) is 23.5 Å². The first kappa shape index (κ1) is 24.1. The second kappa shape index (κ2) is 10.5. The van der Waals surface area contributed by atoms with Gasteiger partial charge in [0, 0.05) is 38.4 Å². The molecule has 1 saturated heterocycles. The number of fused-ring (bicyclic) bond motifs is 1. The Morgan fingerprint density at radius 2 is 1.92 bits per heavy atom. The zero-order valence-electron chi connectivity index (χ0n) is 20.9. The van der Waals surface area contributed by atoms with Crippen LogP contribution in [0.5, 0.6) is 0 Å². The number of nitrogens with one attached hydrogen (secondary N) is 1. The van der Waals surface area contributed by atoms with E-state index in [1.807, 2.05) is 58.0 Å². The Labute approximate surface area is 211 Å². The zero-order chi connectivity index (χ0) is 25.1. The highest BCUT2D eigenvalue weighted by Gasteiger charge is 2.33. The summed E-state index contributed by atoms with van der Waals surface area (Å²) < 4.78 is 7.66. The molecule has 1 fully saturated rings. The third-order valence-corrected chi connectivity index (χ3v) is 7.15. The van der Waals surface area contributed by atoms with Crippen LogP contribution in [0.15, 0.2) is 60.8 Å². The molecule has 2 atom stereocenters. The molecule has 0 radical (unpaired) electrons. The van der Waals surface area contributed by atoms with Gasteiger partial charge in [0.15, 0.2) is 0 Å². The van der Waals surface area contributed by atoms with E-state index in [2.05, 4.69) is 29.0 Å². The molecule has 188 valence electrons. The fraction of sp³-hybridized carbons (Fsp3) is 0.393. The number of carbonyl (C=O) groups excluding carboxylic acids is 2. The van der Waals surface area contributed by atoms with Gasteiger partial charge in [-0.25, -0.2) is 4.98 Å². The summed E-state index contributed by atoms with van der Waals surface area (Å²) in [5.41, 5.74) is 2.91. The van der Waals surface area contributed by atoms with Crippen LogP contribution in [0.1, 0.15) is 58.4 Å². The topological polar surface area (TPSA) is 79.7 Å². The van der Waals surface area contributed by atoms with Gasteiger partial charge in [-0.2, -0.15) is 0 Å². The average molecular weight is 488 g/mol. The molecule has 5 rings (SSSR count). The lowest BCUT2D eigenvalue weighted by Gasteiger charge is -2.40. The van der Waals surface area contributed by atoms with Gasteiger partial charge in [-0.15, -0.1) is 0 Å². The summed E-state index contributed by atoms with van der Waals surface area (Å²) in [6, 6.07) is 17.5. The van der Waals surface area contributed by atoms with Gasteiger partial charge in [-0.05, 0) is 37.1 Å². The fourth-order valence-electron chi connectivity index (χ4n) is 5.20. The second-order valence-electron chi connectivity index (χ2n) is 9.42. The highest BCUT2D eigenvalue weighted by Crippen LogP contribution is 2.26. The third kappa shape index (κ3) is 4.73. The van der Waals surface area contributed by atoms with Crippen molar-refractivity contribution < 1.29 is 14.3 Å². The molecule has 0 saturated carbocycles. The standard InChI is InChI=1S/C28H33N5O3/c1-3-23(21-9-5-4-6-10-21)30-27(34)22-17-24(33-15-16-36-19-25(22)33)28(35)32-14-13-31(18-20(32)2)26-11-7-8-12-29-26/h4-12,17,20,23H,3,13-16,18-19H2,1-2H3,(H,30,34)/t20?,23-/m1/s1. The number of rotatable bonds is 6. The molecule has 36 heavy (non-hydrogen) atoms. The van der Waals surface area contributed by atoms with Crippen LogP contribution >= 0.6 is 0 Å². The molecule has 0 spiro atoms. The van der Waals surface area contributed by atoms with Gasteiger partial charge >= 0.3 is 0 Å². The van der Waals surface area contributed by atoms with Gasteiger partial charge in [0.25, 0.3) is 11.8 Å². The van der Waals surface area contributed by atoms with Crippen LogP contribution < -0.4 is 10.2 Å². The van der Waals surface area contributed by atoms with Gasteiger partial charge in [-0.1, -0.05) is 43.3 Å². The van der Waals surface area contributed by atoms with Gasteiger partial charge in [0.1, 0.15) is 11.5 Å². The van der Waals surface area contributed by atoms with Crippen molar-refractivity contribution in [3.63, 3.8) is 0 Å². The van der Waals surface area contributed by atoms with E-state index >= 15 is 0 Å². The van der Waals surface area contributed by atoms with Crippen molar-refractivity contribution >= 4 is 17.6 Å². The minimum absolute atomic E-state index is 0.0130. The van der Waals surface area contributed by atoms with Crippen molar-refractivity contribution in [2.24, 2.45) is 0 Å². The maximum absolute atomic E-state index is 13.8. The summed E-state index contributed by atoms with van der Waals surface area (Å²) in [4.78, 5) is 35.8. The number of piperazine rings is 1. The molecular formula is C28H33N5O3. The molecule has 0 aliphatic carbocycles. The lowest BCUT2D eigenvalue weighted by Crippen LogP contribution is -2.54. The minimum atomic E-state index is -0.174. The predicted octanol–water partition coefficient (Wildman–Crippen LogP) is 3.65. The van der Waals surface area contributed by atoms with E-state index in [4.69, 9.17) is 4.74 Å². The van der Waals surface area contributed by atoms with Crippen molar-refractivity contribution in [3.8, 4) is 0 Å². The number of benzene rings is 1. The summed E-state index contributed by atoms with van der Waals surface area (Å²) in [6.45, 7) is 7.54. The van der Waals surface area contributed by atoms with E-state index in [0.29, 0.717) is 50.7 Å². The van der Waals surface area contributed by atoms with Crippen molar-refractivity contribution in [1.29, 1.82) is 0 Å². The van der Waals surface area contributed by atoms with Gasteiger partial charge in [-0.3, -0.25) is 9.59 Å². The van der Waals surface area contributed by atoms with Crippen molar-refractivity contribution in [2.75, 3.05) is 31.1 Å². The Kier molecular flexibility index (Phi) is 7.04. The number of carbonyl (C=O) groups is 2. The quantitative estimate of drug-likeness (QED) is 0.574. The van der Waals surface area contributed by atoms with E-state index < -0.39 is 0 Å². The maximum Gasteiger partial charge on any atom is 0.270 e. The molecule has 2 amide bonds. The van der Waals surface area contributed by atoms with Crippen LogP contribution in [0, 0.1) is 0 Å². The number of anilines is 1. The zero-order valence-corrected chi connectivity index (χ0v) is 20.9. The van der Waals surface area contributed by atoms with Crippen LogP contribution in [0.25, 0.3) is 0 Å². The number of ether oxygens (including phenoxy) is 1. The number of amides is 2. The largest absolute Gasteiger partial charge is 0.373 e. The molecule has 2 aromatic heterocycles. The van der Waals surface area contributed by atoms with E-state index in [9.17, 15) is 9.59 Å². The number of nitrogens with zero attached hydrogens (tertiary/aromatic N) is 4. The highest BCUT2D eigenvalue weighted by atomic mass is 16.5. The monoisotopic (exact) mass is 487 g/mol. The molecule has 3 aromatic rings. The molecule has 0 bridgehead atoms. The first-order valence-electron chi connectivity index (χ1n) is 12.7. The Bertz CT molecular complexity index is 1210. The summed E-state index contributed by atoms with van der Waals surface area (Å²) in [5.74, 6) is 0.712. The lowest BCUT2D eigenvalue weighted by atomic mass is 10.0. The minimum Gasteiger partial charge on any atom is -0.373 e. The SMILES string of the molecule is CC[C@@H](NC(=O)c1cc(C(=O)N2CCN(c3ccccn3)CC2C)n2c1COCC2)c1ccccc1. The van der Waals surface area contributed by atoms with Crippen LogP contribution in [0.4, 0.5) is 5.82 Å². The Balaban J connectivity index is 1.36. The van der Waals surface area contributed by atoms with Crippen LogP contribution in [0.2, 0.25) is 0 Å². The number of pyridine rings is 1. The van der Waals surface area contributed by atoms with Gasteiger partial charge in [0.05, 0.1) is 30.5 Å². The van der Waals surface area contributed by atoms with E-state index in [1.165, 1.54) is 0 Å². The van der Waals surface area contributed by atoms with Crippen molar-refractivity contribution in [3.05, 3.63) is 83.3 Å². The van der Waals surface area contributed by atoms with Crippen LogP contribution in [0.3, 0.4) is 0 Å². The number of hydrogen-bond donors (Lipinski definition) is 1. The molecule has 8 heteroatoms. The molecule has 1 aromatic carbocycles. The fourth-order valence-corrected chi connectivity index (χ4v) is 5.20. The highest BCUT2D eigenvalue weighted by molar-refractivity contribution is 6.01. The molecule has 1 unspecified atom stereocenters. The van der Waals surface area contributed by atoms with Gasteiger partial charge < -0.3 is 24.4 Å². The summed E-state index contributed by atoms with van der Waals surface area (Å²) in [5, 5.41) is 3.17. The maximum atomic E-state index is 13.8. The smallest absolute Gasteiger partial charge is 0.270 e. The Hall–Kier alpha value is -3.65. The molecule has 1 N–H and O–H groups in total. The normalized spacial score (nSPS) is 18.4. The lowest BCUT2D eigenvalue weighted by molar-refractivity contribution is 0.0625. The molecule has 2 aliphatic rings. The van der Waals surface area contributed by atoms with E-state index in [1.54, 1.807) is 12.3 Å². The van der Waals surface area contributed by atoms with Crippen molar-refractivity contribution in [2.45, 2.75) is 45.5 Å². The predicted molar refractivity (Wildman–Crippen MR) is 138 cm³/mol. The summed E-state index contributed by atoms with van der Waals surface area (Å²) >= 11 is 0. The molecule has 4 heterocycles. The Morgan fingerprint density at radius 1 is 1.11 bits per heavy atom. The molecular weight excluding hydrogens is 454 g/mol. The molecule has 8 nitrogen and oxygen atoms in total. The molecule has 2 aliphatic heterocycles. The second-order valence-corrected chi connectivity index (χ2v) is 9.42.